The number of carbonyl (C=O) groups excluding carboxylic acids is 2. The molecule has 0 saturated heterocycles. The van der Waals surface area contributed by atoms with Gasteiger partial charge in [-0.1, -0.05) is 13.8 Å². The third-order valence-electron chi connectivity index (χ3n) is 2.15. The van der Waals surface area contributed by atoms with Crippen molar-refractivity contribution in [2.75, 3.05) is 19.7 Å². The summed E-state index contributed by atoms with van der Waals surface area (Å²) >= 11 is 0. The molecule has 0 aliphatic heterocycles. The molecule has 0 bridgehead atoms. The molecule has 5 nitrogen and oxygen atoms in total. The zero-order valence-electron chi connectivity index (χ0n) is 11.2. The molecular weight excluding hydrogens is 220 g/mol. The second kappa shape index (κ2) is 8.98. The van der Waals surface area contributed by atoms with Crippen LogP contribution in [-0.4, -0.2) is 37.6 Å². The molecular formula is C12H24N2O3. The molecule has 0 fully saturated rings. The molecule has 0 aromatic rings. The van der Waals surface area contributed by atoms with E-state index in [1.165, 1.54) is 0 Å². The molecule has 5 heteroatoms. The van der Waals surface area contributed by atoms with Gasteiger partial charge >= 0.3 is 5.97 Å². The van der Waals surface area contributed by atoms with Gasteiger partial charge in [0.15, 0.2) is 0 Å². The average molecular weight is 244 g/mol. The molecule has 0 spiro atoms. The first-order valence-corrected chi connectivity index (χ1v) is 6.14. The molecule has 1 amide bonds. The van der Waals surface area contributed by atoms with Crippen molar-refractivity contribution in [3.63, 3.8) is 0 Å². The molecule has 0 radical (unpaired) electrons. The first kappa shape index (κ1) is 15.9. The highest BCUT2D eigenvalue weighted by Gasteiger charge is 2.13. The van der Waals surface area contributed by atoms with Crippen LogP contribution in [0.4, 0.5) is 0 Å². The molecule has 1 unspecified atom stereocenters. The Bertz CT molecular complexity index is 242. The molecule has 0 heterocycles. The van der Waals surface area contributed by atoms with Gasteiger partial charge in [-0.2, -0.15) is 0 Å². The molecule has 1 atom stereocenters. The summed E-state index contributed by atoms with van der Waals surface area (Å²) in [5.41, 5.74) is 0. The zero-order valence-corrected chi connectivity index (χ0v) is 11.2. The van der Waals surface area contributed by atoms with Crippen molar-refractivity contribution in [1.82, 2.24) is 10.6 Å². The summed E-state index contributed by atoms with van der Waals surface area (Å²) in [6.07, 6.45) is 0.371. The van der Waals surface area contributed by atoms with Crippen LogP contribution in [0.5, 0.6) is 0 Å². The third-order valence-corrected chi connectivity index (χ3v) is 2.15. The fourth-order valence-corrected chi connectivity index (χ4v) is 1.16. The number of hydrogen-bond acceptors (Lipinski definition) is 4. The maximum absolute atomic E-state index is 11.4. The van der Waals surface area contributed by atoms with E-state index in [-0.39, 0.29) is 17.9 Å². The molecule has 0 aromatic heterocycles. The molecule has 0 aromatic carbocycles. The average Bonchev–Trinajstić information content (AvgIpc) is 2.26. The summed E-state index contributed by atoms with van der Waals surface area (Å²) in [5, 5.41) is 5.77. The van der Waals surface area contributed by atoms with Crippen LogP contribution in [0.15, 0.2) is 0 Å². The topological polar surface area (TPSA) is 67.4 Å². The smallest absolute Gasteiger partial charge is 0.322 e. The molecule has 17 heavy (non-hydrogen) atoms. The highest BCUT2D eigenvalue weighted by atomic mass is 16.5. The van der Waals surface area contributed by atoms with Gasteiger partial charge in [0.05, 0.1) is 6.61 Å². The second-order valence-electron chi connectivity index (χ2n) is 4.38. The Kier molecular flexibility index (Phi) is 8.40. The van der Waals surface area contributed by atoms with Crippen LogP contribution in [-0.2, 0) is 14.3 Å². The summed E-state index contributed by atoms with van der Waals surface area (Å²) < 4.78 is 4.84. The number of carbonyl (C=O) groups is 2. The number of esters is 1. The Morgan fingerprint density at radius 2 is 1.88 bits per heavy atom. The van der Waals surface area contributed by atoms with Crippen LogP contribution < -0.4 is 10.6 Å². The molecule has 2 N–H and O–H groups in total. The largest absolute Gasteiger partial charge is 0.465 e. The predicted octanol–water partition coefficient (Wildman–Crippen LogP) is 0.690. The summed E-state index contributed by atoms with van der Waals surface area (Å²) in [7, 11) is 0. The lowest BCUT2D eigenvalue weighted by molar-refractivity contribution is -0.145. The monoisotopic (exact) mass is 244 g/mol. The van der Waals surface area contributed by atoms with Crippen molar-refractivity contribution in [1.29, 1.82) is 0 Å². The minimum Gasteiger partial charge on any atom is -0.465 e. The van der Waals surface area contributed by atoms with Crippen LogP contribution in [0, 0.1) is 5.92 Å². The Morgan fingerprint density at radius 1 is 1.24 bits per heavy atom. The standard InChI is InChI=1S/C12H24N2O3/c1-5-17-12(16)10(4)13-7-6-11(15)14-8-9(2)3/h9-10,13H,5-8H2,1-4H3,(H,14,15). The van der Waals surface area contributed by atoms with Crippen molar-refractivity contribution in [3.05, 3.63) is 0 Å². The SMILES string of the molecule is CCOC(=O)C(C)NCCC(=O)NCC(C)C. The van der Waals surface area contributed by atoms with Gasteiger partial charge < -0.3 is 15.4 Å². The van der Waals surface area contributed by atoms with E-state index in [0.29, 0.717) is 32.0 Å². The molecule has 0 aliphatic rings. The van der Waals surface area contributed by atoms with E-state index >= 15 is 0 Å². The van der Waals surface area contributed by atoms with Gasteiger partial charge in [0.2, 0.25) is 5.91 Å². The van der Waals surface area contributed by atoms with E-state index in [9.17, 15) is 9.59 Å². The second-order valence-corrected chi connectivity index (χ2v) is 4.38. The molecule has 0 saturated carbocycles. The third kappa shape index (κ3) is 8.68. The normalized spacial score (nSPS) is 12.3. The lowest BCUT2D eigenvalue weighted by Crippen LogP contribution is -2.38. The van der Waals surface area contributed by atoms with E-state index in [1.54, 1.807) is 13.8 Å². The van der Waals surface area contributed by atoms with Crippen LogP contribution in [0.25, 0.3) is 0 Å². The van der Waals surface area contributed by atoms with Gasteiger partial charge in [0.1, 0.15) is 6.04 Å². The summed E-state index contributed by atoms with van der Waals surface area (Å²) in [5.74, 6) is 0.169. The van der Waals surface area contributed by atoms with Crippen molar-refractivity contribution >= 4 is 11.9 Å². The van der Waals surface area contributed by atoms with Crippen LogP contribution in [0.3, 0.4) is 0 Å². The van der Waals surface area contributed by atoms with Gasteiger partial charge in [-0.3, -0.25) is 9.59 Å². The van der Waals surface area contributed by atoms with Gasteiger partial charge in [-0.15, -0.1) is 0 Å². The van der Waals surface area contributed by atoms with Crippen LogP contribution in [0.1, 0.15) is 34.1 Å². The first-order valence-electron chi connectivity index (χ1n) is 6.14. The van der Waals surface area contributed by atoms with Crippen molar-refractivity contribution in [2.45, 2.75) is 40.2 Å². The molecule has 0 aliphatic carbocycles. The summed E-state index contributed by atoms with van der Waals surface area (Å²) in [6.45, 7) is 9.12. The zero-order chi connectivity index (χ0) is 13.3. The Balaban J connectivity index is 3.62. The van der Waals surface area contributed by atoms with Gasteiger partial charge in [0, 0.05) is 19.5 Å². The van der Waals surface area contributed by atoms with Crippen LogP contribution >= 0.6 is 0 Å². The predicted molar refractivity (Wildman–Crippen MR) is 66.6 cm³/mol. The van der Waals surface area contributed by atoms with Crippen LogP contribution in [0.2, 0.25) is 0 Å². The minimum atomic E-state index is -0.368. The number of nitrogens with one attached hydrogen (secondary N) is 2. The Hall–Kier alpha value is -1.10. The van der Waals surface area contributed by atoms with Gasteiger partial charge in [-0.05, 0) is 19.8 Å². The van der Waals surface area contributed by atoms with E-state index in [1.807, 2.05) is 13.8 Å². The highest BCUT2D eigenvalue weighted by Crippen LogP contribution is 1.90. The Morgan fingerprint density at radius 3 is 2.41 bits per heavy atom. The van der Waals surface area contributed by atoms with E-state index < -0.39 is 0 Å². The lowest BCUT2D eigenvalue weighted by Gasteiger charge is -2.12. The van der Waals surface area contributed by atoms with Crippen molar-refractivity contribution in [2.24, 2.45) is 5.92 Å². The number of hydrogen-bond donors (Lipinski definition) is 2. The summed E-state index contributed by atoms with van der Waals surface area (Å²) in [6, 6.07) is -0.368. The first-order chi connectivity index (χ1) is 7.97. The van der Waals surface area contributed by atoms with Gasteiger partial charge in [-0.25, -0.2) is 0 Å². The minimum absolute atomic E-state index is 0.00209. The number of ether oxygens (including phenoxy) is 1. The quantitative estimate of drug-likeness (QED) is 0.616. The fourth-order valence-electron chi connectivity index (χ4n) is 1.16. The summed E-state index contributed by atoms with van der Waals surface area (Å²) in [4.78, 5) is 22.6. The van der Waals surface area contributed by atoms with Crippen molar-refractivity contribution < 1.29 is 14.3 Å². The van der Waals surface area contributed by atoms with E-state index in [0.717, 1.165) is 0 Å². The molecule has 0 rings (SSSR count). The number of amides is 1. The number of rotatable bonds is 8. The maximum Gasteiger partial charge on any atom is 0.322 e. The molecule has 100 valence electrons. The van der Waals surface area contributed by atoms with Crippen molar-refractivity contribution in [3.8, 4) is 0 Å². The Labute approximate surface area is 103 Å². The van der Waals surface area contributed by atoms with Gasteiger partial charge in [0.25, 0.3) is 0 Å². The maximum atomic E-state index is 11.4. The van der Waals surface area contributed by atoms with E-state index in [4.69, 9.17) is 4.74 Å². The highest BCUT2D eigenvalue weighted by molar-refractivity contribution is 5.77. The van der Waals surface area contributed by atoms with E-state index in [2.05, 4.69) is 10.6 Å². The lowest BCUT2D eigenvalue weighted by atomic mass is 10.2. The fraction of sp³-hybridized carbons (Fsp3) is 0.833.